The fraction of sp³-hybridized carbons (Fsp3) is 0.529. The molecular weight excluding hydrogens is 318 g/mol. The lowest BCUT2D eigenvalue weighted by Crippen LogP contribution is -2.45. The fourth-order valence-corrected chi connectivity index (χ4v) is 3.43. The molecule has 0 spiro atoms. The maximum atomic E-state index is 12.4. The van der Waals surface area contributed by atoms with Crippen LogP contribution in [0.15, 0.2) is 24.3 Å². The van der Waals surface area contributed by atoms with Gasteiger partial charge in [0.15, 0.2) is 5.82 Å². The summed E-state index contributed by atoms with van der Waals surface area (Å²) in [5, 5.41) is 17.0. The molecule has 2 atom stereocenters. The minimum Gasteiger partial charge on any atom is -0.369 e. The molecule has 1 aliphatic carbocycles. The highest BCUT2D eigenvalue weighted by Gasteiger charge is 2.46. The minimum absolute atomic E-state index is 0.0339. The van der Waals surface area contributed by atoms with Gasteiger partial charge in [0, 0.05) is 50.2 Å². The maximum Gasteiger partial charge on any atom is 0.224 e. The molecule has 1 aromatic heterocycles. The number of nitrogens with one attached hydrogen (secondary N) is 2. The van der Waals surface area contributed by atoms with Gasteiger partial charge in [0.2, 0.25) is 5.91 Å². The number of hydrogen-bond donors (Lipinski definition) is 2. The quantitative estimate of drug-likeness (QED) is 0.817. The van der Waals surface area contributed by atoms with Gasteiger partial charge in [-0.25, -0.2) is 0 Å². The summed E-state index contributed by atoms with van der Waals surface area (Å²) >= 11 is 0. The van der Waals surface area contributed by atoms with Gasteiger partial charge in [-0.3, -0.25) is 4.79 Å². The predicted molar refractivity (Wildman–Crippen MR) is 93.0 cm³/mol. The monoisotopic (exact) mass is 341 g/mol. The summed E-state index contributed by atoms with van der Waals surface area (Å²) in [7, 11) is 2.15. The average molecular weight is 341 g/mol. The van der Waals surface area contributed by atoms with Crippen LogP contribution in [0.2, 0.25) is 0 Å². The van der Waals surface area contributed by atoms with Gasteiger partial charge in [-0.1, -0.05) is 23.4 Å². The first kappa shape index (κ1) is 16.0. The zero-order chi connectivity index (χ0) is 17.2. The Morgan fingerprint density at radius 2 is 2.08 bits per heavy atom. The number of benzene rings is 1. The number of para-hydroxylation sites is 1. The summed E-state index contributed by atoms with van der Waals surface area (Å²) < 4.78 is 0. The molecule has 8 heteroatoms. The first-order valence-corrected chi connectivity index (χ1v) is 8.75. The van der Waals surface area contributed by atoms with Crippen molar-refractivity contribution in [2.24, 2.45) is 5.92 Å². The van der Waals surface area contributed by atoms with E-state index < -0.39 is 0 Å². The van der Waals surface area contributed by atoms with Crippen molar-refractivity contribution in [2.45, 2.75) is 18.9 Å². The van der Waals surface area contributed by atoms with Crippen LogP contribution in [0.25, 0.3) is 0 Å². The van der Waals surface area contributed by atoms with E-state index in [0.717, 1.165) is 38.2 Å². The zero-order valence-corrected chi connectivity index (χ0v) is 14.4. The van der Waals surface area contributed by atoms with Crippen LogP contribution < -0.4 is 10.2 Å². The lowest BCUT2D eigenvalue weighted by atomic mass is 10.1. The van der Waals surface area contributed by atoms with Gasteiger partial charge in [-0.05, 0) is 25.1 Å². The molecule has 1 aliphatic heterocycles. The molecule has 1 saturated heterocycles. The van der Waals surface area contributed by atoms with Crippen molar-refractivity contribution < 1.29 is 4.79 Å². The van der Waals surface area contributed by atoms with Crippen molar-refractivity contribution in [3.05, 3.63) is 35.7 Å². The van der Waals surface area contributed by atoms with Gasteiger partial charge in [-0.2, -0.15) is 5.21 Å². The van der Waals surface area contributed by atoms with E-state index in [2.05, 4.69) is 61.0 Å². The van der Waals surface area contributed by atoms with E-state index in [9.17, 15) is 4.79 Å². The number of nitrogens with zero attached hydrogens (tertiary/aromatic N) is 5. The van der Waals surface area contributed by atoms with Crippen molar-refractivity contribution in [3.63, 3.8) is 0 Å². The first-order valence-electron chi connectivity index (χ1n) is 8.75. The number of carbonyl (C=O) groups excluding carboxylic acids is 1. The van der Waals surface area contributed by atoms with E-state index in [-0.39, 0.29) is 17.7 Å². The Balaban J connectivity index is 1.36. The SMILES string of the molecule is CN1CCN(c2ccccc2CNC(=O)[C@@H]2C[C@H]2c2nn[nH]n2)CC1. The summed E-state index contributed by atoms with van der Waals surface area (Å²) in [6, 6.07) is 8.33. The molecule has 25 heavy (non-hydrogen) atoms. The number of anilines is 1. The van der Waals surface area contributed by atoms with E-state index in [0.29, 0.717) is 12.4 Å². The second-order valence-electron chi connectivity index (χ2n) is 6.86. The number of H-pyrrole nitrogens is 1. The van der Waals surface area contributed by atoms with Gasteiger partial charge in [0.1, 0.15) is 0 Å². The molecule has 0 radical (unpaired) electrons. The van der Waals surface area contributed by atoms with Crippen LogP contribution in [-0.2, 0) is 11.3 Å². The molecule has 2 fully saturated rings. The van der Waals surface area contributed by atoms with Gasteiger partial charge in [-0.15, -0.1) is 10.2 Å². The van der Waals surface area contributed by atoms with Crippen LogP contribution in [0.3, 0.4) is 0 Å². The molecule has 2 aliphatic rings. The number of likely N-dealkylation sites (N-methyl/N-ethyl adjacent to an activating group) is 1. The molecule has 132 valence electrons. The molecule has 1 aromatic carbocycles. The van der Waals surface area contributed by atoms with Crippen LogP contribution in [0, 0.1) is 5.92 Å². The predicted octanol–water partition coefficient (Wildman–Crippen LogP) is 0.371. The highest BCUT2D eigenvalue weighted by Crippen LogP contribution is 2.45. The van der Waals surface area contributed by atoms with Crippen molar-refractivity contribution in [2.75, 3.05) is 38.1 Å². The van der Waals surface area contributed by atoms with E-state index in [1.165, 1.54) is 5.69 Å². The third-order valence-corrected chi connectivity index (χ3v) is 5.11. The Morgan fingerprint density at radius 1 is 1.28 bits per heavy atom. The van der Waals surface area contributed by atoms with Gasteiger partial charge in [0.25, 0.3) is 0 Å². The highest BCUT2D eigenvalue weighted by atomic mass is 16.2. The number of rotatable bonds is 5. The van der Waals surface area contributed by atoms with Crippen LogP contribution in [-0.4, -0.2) is 64.7 Å². The van der Waals surface area contributed by atoms with E-state index in [1.54, 1.807) is 0 Å². The Labute approximate surface area is 146 Å². The second-order valence-corrected chi connectivity index (χ2v) is 6.86. The van der Waals surface area contributed by atoms with E-state index >= 15 is 0 Å². The minimum atomic E-state index is -0.0339. The summed E-state index contributed by atoms with van der Waals surface area (Å²) in [4.78, 5) is 17.1. The average Bonchev–Trinajstić information content (AvgIpc) is 3.26. The Morgan fingerprint density at radius 3 is 2.84 bits per heavy atom. The number of aromatic nitrogens is 4. The van der Waals surface area contributed by atoms with E-state index in [1.807, 2.05) is 6.07 Å². The van der Waals surface area contributed by atoms with Gasteiger partial charge >= 0.3 is 0 Å². The summed E-state index contributed by atoms with van der Waals surface area (Å²) in [6.45, 7) is 4.72. The molecule has 0 unspecified atom stereocenters. The van der Waals surface area contributed by atoms with Crippen molar-refractivity contribution >= 4 is 11.6 Å². The number of hydrogen-bond acceptors (Lipinski definition) is 6. The van der Waals surface area contributed by atoms with Gasteiger partial charge in [0.05, 0.1) is 0 Å². The van der Waals surface area contributed by atoms with Crippen LogP contribution in [0.1, 0.15) is 23.7 Å². The smallest absolute Gasteiger partial charge is 0.224 e. The van der Waals surface area contributed by atoms with E-state index in [4.69, 9.17) is 0 Å². The summed E-state index contributed by atoms with van der Waals surface area (Å²) in [6.07, 6.45) is 0.797. The lowest BCUT2D eigenvalue weighted by Gasteiger charge is -2.35. The van der Waals surface area contributed by atoms with Crippen molar-refractivity contribution in [3.8, 4) is 0 Å². The molecule has 2 heterocycles. The summed E-state index contributed by atoms with van der Waals surface area (Å²) in [5.41, 5.74) is 2.39. The topological polar surface area (TPSA) is 90.0 Å². The number of piperazine rings is 1. The number of tetrazole rings is 1. The summed E-state index contributed by atoms with van der Waals surface area (Å²) in [5.74, 6) is 0.779. The fourth-order valence-electron chi connectivity index (χ4n) is 3.43. The standard InChI is InChI=1S/C17H23N7O/c1-23-6-8-24(9-7-23)15-5-3-2-4-12(15)11-18-17(25)14-10-13(14)16-19-21-22-20-16/h2-5,13-14H,6-11H2,1H3,(H,18,25)(H,19,20,21,22)/t13-,14-/m1/s1. The number of aromatic amines is 1. The molecule has 0 bridgehead atoms. The zero-order valence-electron chi connectivity index (χ0n) is 14.4. The van der Waals surface area contributed by atoms with Crippen molar-refractivity contribution in [1.29, 1.82) is 0 Å². The lowest BCUT2D eigenvalue weighted by molar-refractivity contribution is -0.122. The number of carbonyl (C=O) groups is 1. The molecule has 4 rings (SSSR count). The largest absolute Gasteiger partial charge is 0.369 e. The Hall–Kier alpha value is -2.48. The normalized spacial score (nSPS) is 23.5. The molecule has 1 saturated carbocycles. The molecule has 2 aromatic rings. The molecular formula is C17H23N7O. The highest BCUT2D eigenvalue weighted by molar-refractivity contribution is 5.82. The van der Waals surface area contributed by atoms with Crippen LogP contribution in [0.5, 0.6) is 0 Å². The van der Waals surface area contributed by atoms with Crippen molar-refractivity contribution in [1.82, 2.24) is 30.8 Å². The third kappa shape index (κ3) is 3.48. The second kappa shape index (κ2) is 6.79. The number of amides is 1. The Kier molecular flexibility index (Phi) is 4.35. The molecule has 1 amide bonds. The molecule has 2 N–H and O–H groups in total. The molecule has 8 nitrogen and oxygen atoms in total. The maximum absolute atomic E-state index is 12.4. The third-order valence-electron chi connectivity index (χ3n) is 5.11. The van der Waals surface area contributed by atoms with Crippen LogP contribution in [0.4, 0.5) is 5.69 Å². The first-order chi connectivity index (χ1) is 12.2. The Bertz CT molecular complexity index is 724. The van der Waals surface area contributed by atoms with Gasteiger partial charge < -0.3 is 15.1 Å². The van der Waals surface area contributed by atoms with Crippen LogP contribution >= 0.6 is 0 Å².